The second-order valence-corrected chi connectivity index (χ2v) is 8.24. The number of hydrogen-bond donors (Lipinski definition) is 4. The fraction of sp³-hybridized carbons (Fsp3) is 0.423. The maximum Gasteiger partial charge on any atom is 0.300 e. The molecule has 1 amide bonds. The minimum absolute atomic E-state index is 0.0351. The van der Waals surface area contributed by atoms with Crippen molar-refractivity contribution in [2.75, 3.05) is 26.2 Å². The quantitative estimate of drug-likeness (QED) is 0.429. The molecule has 2 aromatic rings. The third-order valence-corrected chi connectivity index (χ3v) is 4.92. The van der Waals surface area contributed by atoms with Crippen molar-refractivity contribution in [3.63, 3.8) is 0 Å². The van der Waals surface area contributed by atoms with Crippen LogP contribution in [0.2, 0.25) is 0 Å². The number of carboxylic acids is 2. The lowest BCUT2D eigenvalue weighted by molar-refractivity contribution is -0.135. The summed E-state index contributed by atoms with van der Waals surface area (Å²) in [6.07, 6.45) is 2.19. The summed E-state index contributed by atoms with van der Waals surface area (Å²) in [7, 11) is 0. The first kappa shape index (κ1) is 30.5. The average Bonchev–Trinajstić information content (AvgIpc) is 2.80. The summed E-state index contributed by atoms with van der Waals surface area (Å²) in [6.45, 7) is 5.75. The van der Waals surface area contributed by atoms with E-state index in [0.29, 0.717) is 19.6 Å². The number of carboxylic acid groups (broad SMARTS) is 2. The largest absolute Gasteiger partial charge is 0.492 e. The third kappa shape index (κ3) is 14.7. The number of halogens is 1. The Labute approximate surface area is 211 Å². The van der Waals surface area contributed by atoms with Crippen LogP contribution in [0.15, 0.2) is 48.5 Å². The second-order valence-electron chi connectivity index (χ2n) is 8.24. The lowest BCUT2D eigenvalue weighted by Crippen LogP contribution is -2.44. The lowest BCUT2D eigenvalue weighted by Gasteiger charge is -2.32. The molecule has 0 saturated carbocycles. The highest BCUT2D eigenvalue weighted by Crippen LogP contribution is 2.16. The van der Waals surface area contributed by atoms with E-state index in [2.05, 4.69) is 10.2 Å². The molecule has 36 heavy (non-hydrogen) atoms. The normalized spacial score (nSPS) is 13.3. The van der Waals surface area contributed by atoms with Gasteiger partial charge in [-0.3, -0.25) is 19.3 Å². The van der Waals surface area contributed by atoms with Gasteiger partial charge >= 0.3 is 0 Å². The van der Waals surface area contributed by atoms with E-state index in [0.717, 1.165) is 63.2 Å². The van der Waals surface area contributed by atoms with Crippen LogP contribution in [0.3, 0.4) is 0 Å². The number of rotatable bonds is 8. The first-order valence-corrected chi connectivity index (χ1v) is 11.7. The predicted octanol–water partition coefficient (Wildman–Crippen LogP) is 2.67. The zero-order valence-electron chi connectivity index (χ0n) is 20.8. The van der Waals surface area contributed by atoms with Gasteiger partial charge in [-0.05, 0) is 48.2 Å². The molecule has 9 nitrogen and oxygen atoms in total. The molecule has 0 spiro atoms. The van der Waals surface area contributed by atoms with Gasteiger partial charge in [0.2, 0.25) is 5.91 Å². The fourth-order valence-corrected chi connectivity index (χ4v) is 3.47. The molecule has 5 N–H and O–H groups in total. The molecule has 3 rings (SSSR count). The van der Waals surface area contributed by atoms with Gasteiger partial charge in [0.25, 0.3) is 11.9 Å². The highest BCUT2D eigenvalue weighted by atomic mass is 19.1. The minimum Gasteiger partial charge on any atom is -0.492 e. The maximum absolute atomic E-state index is 13.0. The van der Waals surface area contributed by atoms with Crippen molar-refractivity contribution in [1.82, 2.24) is 10.2 Å². The van der Waals surface area contributed by atoms with E-state index in [4.69, 9.17) is 30.3 Å². The average molecular weight is 506 g/mol. The number of carbonyl (C=O) groups excluding carboxylic acids is 1. The van der Waals surface area contributed by atoms with Gasteiger partial charge in [-0.25, -0.2) is 4.39 Å². The van der Waals surface area contributed by atoms with Gasteiger partial charge in [0, 0.05) is 46.1 Å². The molecule has 10 heteroatoms. The zero-order chi connectivity index (χ0) is 26.9. The van der Waals surface area contributed by atoms with Gasteiger partial charge in [0.05, 0.1) is 6.42 Å². The summed E-state index contributed by atoms with van der Waals surface area (Å²) in [6, 6.07) is 14.4. The Morgan fingerprint density at radius 1 is 1.03 bits per heavy atom. The van der Waals surface area contributed by atoms with Crippen LogP contribution in [-0.4, -0.2) is 65.2 Å². The monoisotopic (exact) mass is 505 g/mol. The van der Waals surface area contributed by atoms with Crippen LogP contribution in [0.4, 0.5) is 4.39 Å². The van der Waals surface area contributed by atoms with Crippen LogP contribution in [0.1, 0.15) is 37.8 Å². The van der Waals surface area contributed by atoms with E-state index >= 15 is 0 Å². The molecule has 0 unspecified atom stereocenters. The number of carbonyl (C=O) groups is 3. The summed E-state index contributed by atoms with van der Waals surface area (Å²) < 4.78 is 18.5. The molecule has 1 fully saturated rings. The van der Waals surface area contributed by atoms with Gasteiger partial charge in [-0.2, -0.15) is 0 Å². The van der Waals surface area contributed by atoms with E-state index in [1.165, 1.54) is 12.1 Å². The van der Waals surface area contributed by atoms with Gasteiger partial charge in [0.15, 0.2) is 0 Å². The summed E-state index contributed by atoms with van der Waals surface area (Å²) in [5.74, 6) is -1.10. The SMILES string of the molecule is CC(=O)O.CC(=O)O.NCCOc1cccc(CC(=O)NC2CCN(Cc3ccc(F)cc3)CC2)c1. The number of piperidine rings is 1. The summed E-state index contributed by atoms with van der Waals surface area (Å²) in [4.78, 5) is 32.7. The van der Waals surface area contributed by atoms with E-state index < -0.39 is 11.9 Å². The van der Waals surface area contributed by atoms with Crippen molar-refractivity contribution >= 4 is 17.8 Å². The van der Waals surface area contributed by atoms with Crippen molar-refractivity contribution < 1.29 is 33.7 Å². The molecular weight excluding hydrogens is 469 g/mol. The van der Waals surface area contributed by atoms with E-state index in [-0.39, 0.29) is 17.8 Å². The Bertz CT molecular complexity index is 927. The number of likely N-dealkylation sites (tertiary alicyclic amines) is 1. The first-order valence-electron chi connectivity index (χ1n) is 11.7. The van der Waals surface area contributed by atoms with Crippen molar-refractivity contribution in [3.05, 3.63) is 65.5 Å². The van der Waals surface area contributed by atoms with E-state index in [1.807, 2.05) is 36.4 Å². The molecular formula is C26H36FN3O6. The zero-order valence-corrected chi connectivity index (χ0v) is 20.8. The van der Waals surface area contributed by atoms with Crippen LogP contribution in [0.25, 0.3) is 0 Å². The molecule has 1 heterocycles. The number of nitrogens with zero attached hydrogens (tertiary/aromatic N) is 1. The molecule has 0 atom stereocenters. The summed E-state index contributed by atoms with van der Waals surface area (Å²) in [5, 5.41) is 18.0. The molecule has 0 bridgehead atoms. The smallest absolute Gasteiger partial charge is 0.300 e. The van der Waals surface area contributed by atoms with Crippen LogP contribution in [0.5, 0.6) is 5.75 Å². The fourth-order valence-electron chi connectivity index (χ4n) is 3.47. The Morgan fingerprint density at radius 3 is 2.17 bits per heavy atom. The Hall–Kier alpha value is -3.50. The van der Waals surface area contributed by atoms with Gasteiger partial charge in [-0.15, -0.1) is 0 Å². The number of nitrogens with two attached hydrogens (primary N) is 1. The highest BCUT2D eigenvalue weighted by molar-refractivity contribution is 5.79. The Balaban J connectivity index is 0.000000709. The first-order chi connectivity index (χ1) is 17.1. The maximum atomic E-state index is 13.0. The predicted molar refractivity (Wildman–Crippen MR) is 134 cm³/mol. The number of ether oxygens (including phenoxy) is 1. The molecule has 2 aromatic carbocycles. The topological polar surface area (TPSA) is 142 Å². The molecule has 0 aromatic heterocycles. The van der Waals surface area contributed by atoms with Gasteiger partial charge in [-0.1, -0.05) is 24.3 Å². The van der Waals surface area contributed by atoms with Crippen LogP contribution in [-0.2, 0) is 27.3 Å². The minimum atomic E-state index is -0.833. The number of benzene rings is 2. The van der Waals surface area contributed by atoms with Crippen molar-refractivity contribution in [2.45, 2.75) is 45.7 Å². The number of hydrogen-bond acceptors (Lipinski definition) is 6. The standard InChI is InChI=1S/C22H28FN3O2.2C2H4O2/c23-19-6-4-17(5-7-19)16-26-11-8-20(9-12-26)25-22(27)15-18-2-1-3-21(14-18)28-13-10-24;2*1-2(3)4/h1-7,14,20H,8-13,15-16,24H2,(H,25,27);2*1H3,(H,3,4). The highest BCUT2D eigenvalue weighted by Gasteiger charge is 2.20. The molecule has 0 radical (unpaired) electrons. The third-order valence-electron chi connectivity index (χ3n) is 4.92. The molecule has 0 aliphatic carbocycles. The van der Waals surface area contributed by atoms with Crippen molar-refractivity contribution in [1.29, 1.82) is 0 Å². The lowest BCUT2D eigenvalue weighted by atomic mass is 10.0. The molecule has 1 saturated heterocycles. The van der Waals surface area contributed by atoms with Crippen LogP contribution in [0, 0.1) is 5.82 Å². The molecule has 1 aliphatic rings. The summed E-state index contributed by atoms with van der Waals surface area (Å²) >= 11 is 0. The van der Waals surface area contributed by atoms with E-state index in [1.54, 1.807) is 0 Å². The second kappa shape index (κ2) is 17.0. The Kier molecular flexibility index (Phi) is 14.4. The number of amides is 1. The van der Waals surface area contributed by atoms with Gasteiger partial charge < -0.3 is 26.0 Å². The van der Waals surface area contributed by atoms with Crippen LogP contribution >= 0.6 is 0 Å². The van der Waals surface area contributed by atoms with Gasteiger partial charge in [0.1, 0.15) is 18.2 Å². The number of aliphatic carboxylic acids is 2. The number of nitrogens with one attached hydrogen (secondary N) is 1. The van der Waals surface area contributed by atoms with Crippen molar-refractivity contribution in [3.8, 4) is 5.75 Å². The van der Waals surface area contributed by atoms with Crippen molar-refractivity contribution in [2.24, 2.45) is 5.73 Å². The van der Waals surface area contributed by atoms with Crippen LogP contribution < -0.4 is 15.8 Å². The van der Waals surface area contributed by atoms with E-state index in [9.17, 15) is 9.18 Å². The summed E-state index contributed by atoms with van der Waals surface area (Å²) in [5.41, 5.74) is 7.49. The molecule has 1 aliphatic heterocycles. The molecule has 198 valence electrons. The Morgan fingerprint density at radius 2 is 1.61 bits per heavy atom.